The van der Waals surface area contributed by atoms with Crippen LogP contribution in [0.25, 0.3) is 0 Å². The molecule has 0 aliphatic heterocycles. The molecular formula is C8H15NO3. The quantitative estimate of drug-likeness (QED) is 0.435. The van der Waals surface area contributed by atoms with Crippen molar-refractivity contribution in [1.82, 2.24) is 0 Å². The molecule has 0 amide bonds. The van der Waals surface area contributed by atoms with Crippen LogP contribution in [0.1, 0.15) is 39.0 Å². The normalized spacial score (nSPS) is 9.75. The highest BCUT2D eigenvalue weighted by Gasteiger charge is 2.03. The van der Waals surface area contributed by atoms with Crippen LogP contribution in [-0.4, -0.2) is 17.3 Å². The Labute approximate surface area is 72.1 Å². The minimum atomic E-state index is -0.382. The van der Waals surface area contributed by atoms with Crippen molar-refractivity contribution < 1.29 is 9.72 Å². The number of carbonyl (C=O) groups is 1. The summed E-state index contributed by atoms with van der Waals surface area (Å²) in [6, 6.07) is 0. The van der Waals surface area contributed by atoms with Crippen molar-refractivity contribution in [2.24, 2.45) is 0 Å². The molecule has 0 heterocycles. The van der Waals surface area contributed by atoms with E-state index in [0.29, 0.717) is 19.3 Å². The van der Waals surface area contributed by atoms with Gasteiger partial charge >= 0.3 is 0 Å². The molecule has 0 spiro atoms. The monoisotopic (exact) mass is 173 g/mol. The van der Waals surface area contributed by atoms with Gasteiger partial charge in [-0.05, 0) is 6.42 Å². The Morgan fingerprint density at radius 2 is 1.92 bits per heavy atom. The van der Waals surface area contributed by atoms with Crippen molar-refractivity contribution in [3.8, 4) is 0 Å². The Hall–Kier alpha value is -0.930. The highest BCUT2D eigenvalue weighted by atomic mass is 16.6. The van der Waals surface area contributed by atoms with Gasteiger partial charge in [0.2, 0.25) is 6.54 Å². The predicted octanol–water partition coefficient (Wildman–Crippen LogP) is 1.80. The zero-order valence-corrected chi connectivity index (χ0v) is 7.41. The molecule has 0 aromatic heterocycles. The maximum atomic E-state index is 11.0. The van der Waals surface area contributed by atoms with Gasteiger partial charge in [-0.25, -0.2) is 0 Å². The fourth-order valence-electron chi connectivity index (χ4n) is 0.904. The second kappa shape index (κ2) is 6.76. The molecule has 0 aromatic carbocycles. The molecule has 0 rings (SSSR count). The van der Waals surface area contributed by atoms with E-state index in [1.54, 1.807) is 0 Å². The topological polar surface area (TPSA) is 60.2 Å². The molecule has 0 aliphatic rings. The molecule has 0 aliphatic carbocycles. The molecular weight excluding hydrogens is 158 g/mol. The van der Waals surface area contributed by atoms with Crippen molar-refractivity contribution in [2.45, 2.75) is 39.0 Å². The Morgan fingerprint density at radius 1 is 1.33 bits per heavy atom. The van der Waals surface area contributed by atoms with E-state index in [0.717, 1.165) is 12.8 Å². The molecule has 4 heteroatoms. The van der Waals surface area contributed by atoms with E-state index in [-0.39, 0.29) is 17.3 Å². The number of nitrogens with zero attached hydrogens (tertiary/aromatic N) is 1. The van der Waals surface area contributed by atoms with Crippen molar-refractivity contribution in [3.05, 3.63) is 10.1 Å². The largest absolute Gasteiger partial charge is 0.300 e. The Bertz CT molecular complexity index is 156. The van der Waals surface area contributed by atoms with Crippen molar-refractivity contribution in [3.63, 3.8) is 0 Å². The van der Waals surface area contributed by atoms with Crippen LogP contribution in [0, 0.1) is 10.1 Å². The Balaban J connectivity index is 3.25. The summed E-state index contributed by atoms with van der Waals surface area (Å²) in [4.78, 5) is 20.5. The highest BCUT2D eigenvalue weighted by Crippen LogP contribution is 2.00. The minimum Gasteiger partial charge on any atom is -0.300 e. The lowest BCUT2D eigenvalue weighted by Crippen LogP contribution is -2.04. The molecule has 4 nitrogen and oxygen atoms in total. The summed E-state index contributed by atoms with van der Waals surface area (Å²) in [7, 11) is 0. The zero-order valence-electron chi connectivity index (χ0n) is 7.41. The summed E-state index contributed by atoms with van der Waals surface area (Å²) < 4.78 is 0. The van der Waals surface area contributed by atoms with E-state index in [2.05, 4.69) is 0 Å². The molecule has 0 atom stereocenters. The number of unbranched alkanes of at least 4 members (excludes halogenated alkanes) is 1. The average molecular weight is 173 g/mol. The van der Waals surface area contributed by atoms with Gasteiger partial charge in [0.15, 0.2) is 0 Å². The van der Waals surface area contributed by atoms with Crippen LogP contribution in [0.4, 0.5) is 0 Å². The molecule has 0 N–H and O–H groups in total. The smallest absolute Gasteiger partial charge is 0.204 e. The van der Waals surface area contributed by atoms with E-state index in [1.165, 1.54) is 0 Å². The van der Waals surface area contributed by atoms with Gasteiger partial charge < -0.3 is 0 Å². The first-order valence-corrected chi connectivity index (χ1v) is 4.30. The number of nitro groups is 1. The fraction of sp³-hybridized carbons (Fsp3) is 0.875. The van der Waals surface area contributed by atoms with E-state index in [4.69, 9.17) is 0 Å². The van der Waals surface area contributed by atoms with Gasteiger partial charge in [-0.1, -0.05) is 13.3 Å². The number of ketones is 1. The van der Waals surface area contributed by atoms with Gasteiger partial charge in [-0.15, -0.1) is 0 Å². The lowest BCUT2D eigenvalue weighted by atomic mass is 10.1. The van der Waals surface area contributed by atoms with Gasteiger partial charge in [0.25, 0.3) is 0 Å². The molecule has 0 bridgehead atoms. The van der Waals surface area contributed by atoms with E-state index in [1.807, 2.05) is 6.92 Å². The molecule has 0 fully saturated rings. The summed E-state index contributed by atoms with van der Waals surface area (Å²) in [5, 5.41) is 9.89. The third kappa shape index (κ3) is 7.18. The van der Waals surface area contributed by atoms with Gasteiger partial charge in [0, 0.05) is 24.2 Å². The Kier molecular flexibility index (Phi) is 6.24. The van der Waals surface area contributed by atoms with E-state index >= 15 is 0 Å². The number of carbonyl (C=O) groups excluding carboxylic acids is 1. The lowest BCUT2D eigenvalue weighted by molar-refractivity contribution is -0.480. The molecule has 12 heavy (non-hydrogen) atoms. The SMILES string of the molecule is CCCCC(=O)CCC[N+](=O)[O-]. The molecule has 0 saturated carbocycles. The summed E-state index contributed by atoms with van der Waals surface area (Å²) in [6.07, 6.45) is 3.23. The van der Waals surface area contributed by atoms with Crippen molar-refractivity contribution in [1.29, 1.82) is 0 Å². The van der Waals surface area contributed by atoms with Crippen molar-refractivity contribution >= 4 is 5.78 Å². The minimum absolute atomic E-state index is 0.0855. The first-order chi connectivity index (χ1) is 5.66. The summed E-state index contributed by atoms with van der Waals surface area (Å²) in [5.74, 6) is 0.152. The fourth-order valence-corrected chi connectivity index (χ4v) is 0.904. The lowest BCUT2D eigenvalue weighted by Gasteiger charge is -1.96. The number of rotatable bonds is 7. The standard InChI is InChI=1S/C8H15NO3/c1-2-3-5-8(10)6-4-7-9(11)12/h2-7H2,1H3. The number of hydrogen-bond donors (Lipinski definition) is 0. The second-order valence-corrected chi connectivity index (χ2v) is 2.80. The van der Waals surface area contributed by atoms with Crippen LogP contribution in [0.15, 0.2) is 0 Å². The van der Waals surface area contributed by atoms with E-state index < -0.39 is 0 Å². The number of hydrogen-bond acceptors (Lipinski definition) is 3. The Morgan fingerprint density at radius 3 is 2.42 bits per heavy atom. The molecule has 0 aromatic rings. The molecule has 70 valence electrons. The summed E-state index contributed by atoms with van der Waals surface area (Å²) >= 11 is 0. The van der Waals surface area contributed by atoms with Crippen LogP contribution in [0.2, 0.25) is 0 Å². The molecule has 0 saturated heterocycles. The van der Waals surface area contributed by atoms with Crippen LogP contribution in [0.3, 0.4) is 0 Å². The van der Waals surface area contributed by atoms with Gasteiger partial charge in [-0.3, -0.25) is 14.9 Å². The van der Waals surface area contributed by atoms with Crippen LogP contribution < -0.4 is 0 Å². The second-order valence-electron chi connectivity index (χ2n) is 2.80. The van der Waals surface area contributed by atoms with E-state index in [9.17, 15) is 14.9 Å². The zero-order chi connectivity index (χ0) is 9.40. The van der Waals surface area contributed by atoms with Crippen LogP contribution in [0.5, 0.6) is 0 Å². The van der Waals surface area contributed by atoms with Gasteiger partial charge in [-0.2, -0.15) is 0 Å². The summed E-state index contributed by atoms with van der Waals surface area (Å²) in [6.45, 7) is 1.93. The van der Waals surface area contributed by atoms with Gasteiger partial charge in [0.1, 0.15) is 5.78 Å². The molecule has 0 radical (unpaired) electrons. The van der Waals surface area contributed by atoms with Crippen LogP contribution in [-0.2, 0) is 4.79 Å². The predicted molar refractivity (Wildman–Crippen MR) is 45.6 cm³/mol. The van der Waals surface area contributed by atoms with Crippen LogP contribution >= 0.6 is 0 Å². The third-order valence-electron chi connectivity index (χ3n) is 1.61. The molecule has 0 unspecified atom stereocenters. The van der Waals surface area contributed by atoms with Gasteiger partial charge in [0.05, 0.1) is 0 Å². The van der Waals surface area contributed by atoms with Crippen molar-refractivity contribution in [2.75, 3.05) is 6.54 Å². The first kappa shape index (κ1) is 11.1. The first-order valence-electron chi connectivity index (χ1n) is 4.30. The third-order valence-corrected chi connectivity index (χ3v) is 1.61. The highest BCUT2D eigenvalue weighted by molar-refractivity contribution is 5.78. The maximum Gasteiger partial charge on any atom is 0.204 e. The summed E-state index contributed by atoms with van der Waals surface area (Å²) in [5.41, 5.74) is 0. The number of Topliss-reactive ketones (excluding diaryl/α,β-unsaturated/α-hetero) is 1. The maximum absolute atomic E-state index is 11.0. The average Bonchev–Trinajstić information content (AvgIpc) is 2.00.